The van der Waals surface area contributed by atoms with Crippen LogP contribution < -0.4 is 0 Å². The van der Waals surface area contributed by atoms with Crippen LogP contribution in [0.1, 0.15) is 65.2 Å². The molecule has 0 aromatic carbocycles. The van der Waals surface area contributed by atoms with Gasteiger partial charge >= 0.3 is 0 Å². The Labute approximate surface area is 105 Å². The fourth-order valence-electron chi connectivity index (χ4n) is 5.51. The number of carbonyl (C=O) groups is 1. The van der Waals surface area contributed by atoms with E-state index in [1.807, 2.05) is 0 Å². The zero-order chi connectivity index (χ0) is 12.0. The molecule has 0 spiro atoms. The molecule has 4 aliphatic carbocycles. The molecule has 1 heteroatoms. The largest absolute Gasteiger partial charge is 0.299 e. The van der Waals surface area contributed by atoms with Crippen LogP contribution in [0.3, 0.4) is 0 Å². The third-order valence-corrected chi connectivity index (χ3v) is 5.98. The average Bonchev–Trinajstić information content (AvgIpc) is 2.26. The number of hydrogen-bond donors (Lipinski definition) is 0. The number of Topliss-reactive ketones (excluding diaryl/α,β-unsaturated/α-hetero) is 1. The van der Waals surface area contributed by atoms with Crippen LogP contribution in [-0.2, 0) is 4.79 Å². The number of carbonyl (C=O) groups excluding carboxylic acids is 1. The normalized spacial score (nSPS) is 44.9. The molecule has 4 saturated carbocycles. The highest BCUT2D eigenvalue weighted by atomic mass is 16.1. The van der Waals surface area contributed by atoms with Gasteiger partial charge in [-0.25, -0.2) is 0 Å². The maximum Gasteiger partial charge on any atom is 0.136 e. The van der Waals surface area contributed by atoms with Crippen LogP contribution in [0.5, 0.6) is 0 Å². The van der Waals surface area contributed by atoms with Gasteiger partial charge in [-0.1, -0.05) is 13.8 Å². The van der Waals surface area contributed by atoms with Gasteiger partial charge in [-0.2, -0.15) is 0 Å². The first-order valence-electron chi connectivity index (χ1n) is 7.65. The lowest BCUT2D eigenvalue weighted by molar-refractivity contribution is -0.137. The first kappa shape index (κ1) is 11.7. The Balaban J connectivity index is 1.79. The first-order valence-corrected chi connectivity index (χ1v) is 7.65. The molecule has 4 aliphatic rings. The molecule has 0 heterocycles. The second kappa shape index (κ2) is 4.10. The van der Waals surface area contributed by atoms with Crippen molar-refractivity contribution in [2.24, 2.45) is 29.1 Å². The summed E-state index contributed by atoms with van der Waals surface area (Å²) in [5.74, 6) is 3.81. The summed E-state index contributed by atoms with van der Waals surface area (Å²) >= 11 is 0. The Morgan fingerprint density at radius 2 is 1.59 bits per heavy atom. The van der Waals surface area contributed by atoms with E-state index < -0.39 is 0 Å². The molecule has 1 nitrogen and oxygen atoms in total. The Kier molecular flexibility index (Phi) is 2.83. The van der Waals surface area contributed by atoms with Gasteiger partial charge in [-0.3, -0.25) is 4.79 Å². The van der Waals surface area contributed by atoms with E-state index in [-0.39, 0.29) is 0 Å². The Morgan fingerprint density at radius 1 is 1.12 bits per heavy atom. The van der Waals surface area contributed by atoms with Gasteiger partial charge in [0.25, 0.3) is 0 Å². The third-order valence-electron chi connectivity index (χ3n) is 5.98. The summed E-state index contributed by atoms with van der Waals surface area (Å²) in [5, 5.41) is 0. The van der Waals surface area contributed by atoms with Crippen molar-refractivity contribution in [1.29, 1.82) is 0 Å². The van der Waals surface area contributed by atoms with Crippen LogP contribution >= 0.6 is 0 Å². The molecule has 4 bridgehead atoms. The minimum absolute atomic E-state index is 0.343. The van der Waals surface area contributed by atoms with Gasteiger partial charge in [0, 0.05) is 12.3 Å². The van der Waals surface area contributed by atoms with Gasteiger partial charge in [0.2, 0.25) is 0 Å². The van der Waals surface area contributed by atoms with Crippen molar-refractivity contribution < 1.29 is 4.79 Å². The standard InChI is InChI=1S/C16H26O/c1-3-4-15(17)11(2)16-8-12-5-13(9-16)7-14(6-12)10-16/h11-14H,3-10H2,1-2H3. The molecular formula is C16H26O. The molecule has 4 rings (SSSR count). The molecule has 0 aliphatic heterocycles. The van der Waals surface area contributed by atoms with Crippen LogP contribution in [-0.4, -0.2) is 5.78 Å². The quantitative estimate of drug-likeness (QED) is 0.712. The van der Waals surface area contributed by atoms with Gasteiger partial charge in [0.15, 0.2) is 0 Å². The molecule has 0 N–H and O–H groups in total. The molecule has 0 aromatic rings. The number of hydrogen-bond acceptors (Lipinski definition) is 1. The first-order chi connectivity index (χ1) is 8.13. The third kappa shape index (κ3) is 1.86. The minimum Gasteiger partial charge on any atom is -0.299 e. The second-order valence-corrected chi connectivity index (χ2v) is 7.22. The number of rotatable bonds is 4. The maximum absolute atomic E-state index is 12.3. The highest BCUT2D eigenvalue weighted by Gasteiger charge is 2.54. The molecule has 0 radical (unpaired) electrons. The topological polar surface area (TPSA) is 17.1 Å². The van der Waals surface area contributed by atoms with Crippen LogP contribution in [0.2, 0.25) is 0 Å². The summed E-state index contributed by atoms with van der Waals surface area (Å²) in [6.07, 6.45) is 10.4. The van der Waals surface area contributed by atoms with Crippen LogP contribution in [0, 0.1) is 29.1 Å². The zero-order valence-electron chi connectivity index (χ0n) is 11.4. The molecule has 1 unspecified atom stereocenters. The smallest absolute Gasteiger partial charge is 0.136 e. The molecule has 4 fully saturated rings. The van der Waals surface area contributed by atoms with E-state index in [4.69, 9.17) is 0 Å². The minimum atomic E-state index is 0.343. The van der Waals surface area contributed by atoms with Crippen molar-refractivity contribution in [2.75, 3.05) is 0 Å². The molecule has 0 saturated heterocycles. The zero-order valence-corrected chi connectivity index (χ0v) is 11.4. The van der Waals surface area contributed by atoms with Crippen molar-refractivity contribution in [3.8, 4) is 0 Å². The van der Waals surface area contributed by atoms with E-state index in [2.05, 4.69) is 13.8 Å². The molecule has 0 amide bonds. The van der Waals surface area contributed by atoms with E-state index in [0.717, 1.165) is 30.6 Å². The van der Waals surface area contributed by atoms with Crippen molar-refractivity contribution in [3.05, 3.63) is 0 Å². The van der Waals surface area contributed by atoms with Gasteiger partial charge < -0.3 is 0 Å². The summed E-state index contributed by atoms with van der Waals surface area (Å²) in [4.78, 5) is 12.3. The van der Waals surface area contributed by atoms with Crippen LogP contribution in [0.4, 0.5) is 0 Å². The molecule has 96 valence electrons. The highest BCUT2D eigenvalue weighted by Crippen LogP contribution is 2.62. The van der Waals surface area contributed by atoms with Crippen molar-refractivity contribution in [1.82, 2.24) is 0 Å². The Bertz CT molecular complexity index is 282. The van der Waals surface area contributed by atoms with E-state index in [1.54, 1.807) is 0 Å². The second-order valence-electron chi connectivity index (χ2n) is 7.22. The van der Waals surface area contributed by atoms with Crippen molar-refractivity contribution >= 4 is 5.78 Å². The monoisotopic (exact) mass is 234 g/mol. The van der Waals surface area contributed by atoms with E-state index >= 15 is 0 Å². The molecular weight excluding hydrogens is 208 g/mol. The van der Waals surface area contributed by atoms with Crippen LogP contribution in [0.15, 0.2) is 0 Å². The van der Waals surface area contributed by atoms with Gasteiger partial charge in [-0.15, -0.1) is 0 Å². The fraction of sp³-hybridized carbons (Fsp3) is 0.938. The summed E-state index contributed by atoms with van der Waals surface area (Å²) in [5.41, 5.74) is 0.432. The average molecular weight is 234 g/mol. The van der Waals surface area contributed by atoms with Gasteiger partial charge in [-0.05, 0) is 68.1 Å². The van der Waals surface area contributed by atoms with E-state index in [9.17, 15) is 4.79 Å². The lowest BCUT2D eigenvalue weighted by Gasteiger charge is -2.58. The summed E-state index contributed by atoms with van der Waals surface area (Å²) in [6, 6.07) is 0. The molecule has 0 aromatic heterocycles. The Morgan fingerprint density at radius 3 is 2.00 bits per heavy atom. The maximum atomic E-state index is 12.3. The predicted molar refractivity (Wildman–Crippen MR) is 69.7 cm³/mol. The lowest BCUT2D eigenvalue weighted by atomic mass is 9.46. The van der Waals surface area contributed by atoms with Gasteiger partial charge in [0.1, 0.15) is 5.78 Å². The van der Waals surface area contributed by atoms with Crippen molar-refractivity contribution in [3.63, 3.8) is 0 Å². The van der Waals surface area contributed by atoms with E-state index in [1.165, 1.54) is 38.5 Å². The lowest BCUT2D eigenvalue weighted by Crippen LogP contribution is -2.50. The van der Waals surface area contributed by atoms with Crippen molar-refractivity contribution in [2.45, 2.75) is 65.2 Å². The van der Waals surface area contributed by atoms with E-state index in [0.29, 0.717) is 17.1 Å². The summed E-state index contributed by atoms with van der Waals surface area (Å²) < 4.78 is 0. The molecule has 17 heavy (non-hydrogen) atoms. The summed E-state index contributed by atoms with van der Waals surface area (Å²) in [7, 11) is 0. The van der Waals surface area contributed by atoms with Crippen LogP contribution in [0.25, 0.3) is 0 Å². The number of ketones is 1. The SMILES string of the molecule is CCCC(=O)C(C)C12CC3CC(CC(C3)C1)C2. The molecule has 1 atom stereocenters. The fourth-order valence-corrected chi connectivity index (χ4v) is 5.51. The summed E-state index contributed by atoms with van der Waals surface area (Å²) in [6.45, 7) is 4.37. The highest BCUT2D eigenvalue weighted by molar-refractivity contribution is 5.81. The predicted octanol–water partition coefficient (Wildman–Crippen LogP) is 4.21. The van der Waals surface area contributed by atoms with Gasteiger partial charge in [0.05, 0.1) is 0 Å². The Hall–Kier alpha value is -0.330.